The molecule has 90 valence electrons. The van der Waals surface area contributed by atoms with Crippen molar-refractivity contribution in [2.45, 2.75) is 33.1 Å². The number of terminal acetylenes is 1. The van der Waals surface area contributed by atoms with Crippen LogP contribution in [0.25, 0.3) is 0 Å². The van der Waals surface area contributed by atoms with Crippen LogP contribution in [0.15, 0.2) is 12.1 Å². The Kier molecular flexibility index (Phi) is 3.96. The summed E-state index contributed by atoms with van der Waals surface area (Å²) in [5.41, 5.74) is 2.53. The van der Waals surface area contributed by atoms with Crippen molar-refractivity contribution in [3.63, 3.8) is 0 Å². The third-order valence-corrected chi connectivity index (χ3v) is 2.50. The molecular weight excluding hydrogens is 212 g/mol. The van der Waals surface area contributed by atoms with E-state index >= 15 is 0 Å². The van der Waals surface area contributed by atoms with Crippen molar-refractivity contribution in [3.05, 3.63) is 28.8 Å². The molecule has 1 aromatic carbocycles. The highest BCUT2D eigenvalue weighted by Gasteiger charge is 2.21. The molecule has 17 heavy (non-hydrogen) atoms. The number of benzene rings is 1. The normalized spacial score (nSPS) is 10.8. The van der Waals surface area contributed by atoms with Crippen molar-refractivity contribution in [1.29, 1.82) is 0 Å². The van der Waals surface area contributed by atoms with E-state index in [9.17, 15) is 4.79 Å². The second-order valence-electron chi connectivity index (χ2n) is 5.09. The smallest absolute Gasteiger partial charge is 0.153 e. The van der Waals surface area contributed by atoms with Gasteiger partial charge in [0.25, 0.3) is 0 Å². The molecule has 0 radical (unpaired) electrons. The van der Waals surface area contributed by atoms with Crippen LogP contribution < -0.4 is 4.74 Å². The van der Waals surface area contributed by atoms with E-state index < -0.39 is 0 Å². The van der Waals surface area contributed by atoms with Crippen LogP contribution in [0.1, 0.15) is 42.3 Å². The topological polar surface area (TPSA) is 26.3 Å². The minimum Gasteiger partial charge on any atom is -0.480 e. The molecule has 1 aromatic rings. The van der Waals surface area contributed by atoms with Crippen LogP contribution in [-0.2, 0) is 5.41 Å². The second kappa shape index (κ2) is 5.05. The summed E-state index contributed by atoms with van der Waals surface area (Å²) in [6.45, 7) is 8.39. The Morgan fingerprint density at radius 1 is 1.41 bits per heavy atom. The van der Waals surface area contributed by atoms with Crippen LogP contribution in [0.2, 0.25) is 0 Å². The maximum atomic E-state index is 11.1. The van der Waals surface area contributed by atoms with Crippen molar-refractivity contribution < 1.29 is 9.53 Å². The molecule has 0 amide bonds. The fourth-order valence-corrected chi connectivity index (χ4v) is 1.72. The molecule has 0 aliphatic heterocycles. The van der Waals surface area contributed by atoms with E-state index in [0.717, 1.165) is 17.4 Å². The fourth-order valence-electron chi connectivity index (χ4n) is 1.72. The van der Waals surface area contributed by atoms with Gasteiger partial charge in [0.05, 0.1) is 5.56 Å². The Morgan fingerprint density at radius 2 is 2.06 bits per heavy atom. The van der Waals surface area contributed by atoms with Gasteiger partial charge in [-0.2, -0.15) is 0 Å². The summed E-state index contributed by atoms with van der Waals surface area (Å²) in [6, 6.07) is 3.85. The van der Waals surface area contributed by atoms with E-state index in [1.165, 1.54) is 0 Å². The molecule has 0 spiro atoms. The lowest BCUT2D eigenvalue weighted by molar-refractivity contribution is 0.112. The quantitative estimate of drug-likeness (QED) is 0.589. The van der Waals surface area contributed by atoms with E-state index in [2.05, 4.69) is 26.7 Å². The number of aryl methyl sites for hydroxylation is 1. The summed E-state index contributed by atoms with van der Waals surface area (Å²) in [6.07, 6.45) is 6.01. The maximum Gasteiger partial charge on any atom is 0.153 e. The molecule has 0 aliphatic carbocycles. The number of ether oxygens (including phenoxy) is 1. The molecule has 0 aliphatic rings. The van der Waals surface area contributed by atoms with E-state index in [1.807, 2.05) is 19.1 Å². The third kappa shape index (κ3) is 3.10. The maximum absolute atomic E-state index is 11.1. The number of carbonyl (C=O) groups is 1. The molecular formula is C15H18O2. The first-order valence-electron chi connectivity index (χ1n) is 5.56. The lowest BCUT2D eigenvalue weighted by Gasteiger charge is -2.24. The molecule has 0 atom stereocenters. The minimum absolute atomic E-state index is 0.0896. The highest BCUT2D eigenvalue weighted by Crippen LogP contribution is 2.34. The summed E-state index contributed by atoms with van der Waals surface area (Å²) in [5, 5.41) is 0. The van der Waals surface area contributed by atoms with Gasteiger partial charge in [-0.3, -0.25) is 4.79 Å². The molecule has 0 N–H and O–H groups in total. The number of hydrogen-bond acceptors (Lipinski definition) is 2. The van der Waals surface area contributed by atoms with Crippen LogP contribution in [0.3, 0.4) is 0 Å². The fraction of sp³-hybridized carbons (Fsp3) is 0.400. The second-order valence-corrected chi connectivity index (χ2v) is 5.09. The van der Waals surface area contributed by atoms with Crippen LogP contribution in [0, 0.1) is 19.3 Å². The Labute approximate surface area is 103 Å². The molecule has 0 saturated carbocycles. The summed E-state index contributed by atoms with van der Waals surface area (Å²) in [4.78, 5) is 11.1. The van der Waals surface area contributed by atoms with Gasteiger partial charge in [0.2, 0.25) is 0 Å². The zero-order valence-corrected chi connectivity index (χ0v) is 10.8. The van der Waals surface area contributed by atoms with Crippen LogP contribution in [0.4, 0.5) is 0 Å². The van der Waals surface area contributed by atoms with Gasteiger partial charge in [-0.15, -0.1) is 6.42 Å². The van der Waals surface area contributed by atoms with Gasteiger partial charge in [-0.1, -0.05) is 32.8 Å². The average Bonchev–Trinajstić information content (AvgIpc) is 2.25. The first kappa shape index (κ1) is 13.3. The van der Waals surface area contributed by atoms with Gasteiger partial charge in [0.1, 0.15) is 12.4 Å². The lowest BCUT2D eigenvalue weighted by Crippen LogP contribution is -2.15. The van der Waals surface area contributed by atoms with Crippen LogP contribution >= 0.6 is 0 Å². The minimum atomic E-state index is -0.0896. The van der Waals surface area contributed by atoms with Gasteiger partial charge >= 0.3 is 0 Å². The molecule has 1 rings (SSSR count). The van der Waals surface area contributed by atoms with Gasteiger partial charge in [0.15, 0.2) is 6.29 Å². The Morgan fingerprint density at radius 3 is 2.53 bits per heavy atom. The van der Waals surface area contributed by atoms with Crippen molar-refractivity contribution >= 4 is 6.29 Å². The Hall–Kier alpha value is -1.75. The van der Waals surface area contributed by atoms with Crippen molar-refractivity contribution in [3.8, 4) is 18.1 Å². The van der Waals surface area contributed by atoms with Crippen LogP contribution in [-0.4, -0.2) is 12.9 Å². The Balaban J connectivity index is 3.40. The van der Waals surface area contributed by atoms with Gasteiger partial charge < -0.3 is 4.74 Å². The first-order chi connectivity index (χ1) is 7.90. The summed E-state index contributed by atoms with van der Waals surface area (Å²) >= 11 is 0. The van der Waals surface area contributed by atoms with E-state index in [1.54, 1.807) is 0 Å². The van der Waals surface area contributed by atoms with Crippen molar-refractivity contribution in [1.82, 2.24) is 0 Å². The summed E-state index contributed by atoms with van der Waals surface area (Å²) < 4.78 is 5.52. The summed E-state index contributed by atoms with van der Waals surface area (Å²) in [5.74, 6) is 3.03. The highest BCUT2D eigenvalue weighted by molar-refractivity contribution is 5.81. The monoisotopic (exact) mass is 230 g/mol. The van der Waals surface area contributed by atoms with E-state index in [4.69, 9.17) is 11.2 Å². The number of carbonyl (C=O) groups excluding carboxylic acids is 1. The standard InChI is InChI=1S/C15H18O2/c1-6-7-17-14-12(10-16)8-11(2)9-13(14)15(3,4)5/h1,8-10H,7H2,2-5H3. The molecule has 2 heteroatoms. The third-order valence-electron chi connectivity index (χ3n) is 2.50. The van der Waals surface area contributed by atoms with Gasteiger partial charge in [-0.25, -0.2) is 0 Å². The van der Waals surface area contributed by atoms with Gasteiger partial charge in [-0.05, 0) is 24.0 Å². The van der Waals surface area contributed by atoms with Crippen molar-refractivity contribution in [2.24, 2.45) is 0 Å². The zero-order chi connectivity index (χ0) is 13.1. The number of hydrogen-bond donors (Lipinski definition) is 0. The van der Waals surface area contributed by atoms with Gasteiger partial charge in [0, 0.05) is 5.56 Å². The molecule has 0 heterocycles. The van der Waals surface area contributed by atoms with Crippen LogP contribution in [0.5, 0.6) is 5.75 Å². The molecule has 0 bridgehead atoms. The largest absolute Gasteiger partial charge is 0.480 e. The van der Waals surface area contributed by atoms with E-state index in [0.29, 0.717) is 11.3 Å². The van der Waals surface area contributed by atoms with Crippen molar-refractivity contribution in [2.75, 3.05) is 6.61 Å². The molecule has 0 aromatic heterocycles. The lowest BCUT2D eigenvalue weighted by atomic mass is 9.84. The number of rotatable bonds is 3. The molecule has 2 nitrogen and oxygen atoms in total. The number of aldehydes is 1. The average molecular weight is 230 g/mol. The highest BCUT2D eigenvalue weighted by atomic mass is 16.5. The molecule has 0 fully saturated rings. The Bertz CT molecular complexity index is 459. The molecule has 0 saturated heterocycles. The zero-order valence-electron chi connectivity index (χ0n) is 10.8. The molecule has 0 unspecified atom stereocenters. The first-order valence-corrected chi connectivity index (χ1v) is 5.56. The van der Waals surface area contributed by atoms with E-state index in [-0.39, 0.29) is 12.0 Å². The summed E-state index contributed by atoms with van der Waals surface area (Å²) in [7, 11) is 0. The predicted molar refractivity (Wildman–Crippen MR) is 69.6 cm³/mol. The SMILES string of the molecule is C#CCOc1c(C=O)cc(C)cc1C(C)(C)C. The predicted octanol–water partition coefficient (Wildman–Crippen LogP) is 3.12.